The van der Waals surface area contributed by atoms with E-state index in [2.05, 4.69) is 36.3 Å². The second-order valence-corrected chi connectivity index (χ2v) is 6.54. The normalized spacial score (nSPS) is 11.4. The predicted molar refractivity (Wildman–Crippen MR) is 85.3 cm³/mol. The average Bonchev–Trinajstić information content (AvgIpc) is 2.77. The number of nitrogens with one attached hydrogen (secondary N) is 2. The van der Waals surface area contributed by atoms with Crippen molar-refractivity contribution in [2.75, 3.05) is 11.1 Å². The molecule has 1 aromatic heterocycles. The number of aromatic amines is 1. The zero-order valence-electron chi connectivity index (χ0n) is 12.9. The van der Waals surface area contributed by atoms with Crippen LogP contribution in [0.1, 0.15) is 42.4 Å². The van der Waals surface area contributed by atoms with Gasteiger partial charge >= 0.3 is 0 Å². The summed E-state index contributed by atoms with van der Waals surface area (Å²) in [5.74, 6) is 0.328. The Kier molecular flexibility index (Phi) is 4.02. The van der Waals surface area contributed by atoms with Crippen molar-refractivity contribution < 1.29 is 4.79 Å². The van der Waals surface area contributed by atoms with Gasteiger partial charge in [0.1, 0.15) is 0 Å². The van der Waals surface area contributed by atoms with E-state index in [9.17, 15) is 4.79 Å². The first kappa shape index (κ1) is 15.1. The molecule has 112 valence electrons. The number of aryl methyl sites for hydroxylation is 1. The fraction of sp³-hybridized carbons (Fsp3) is 0.375. The van der Waals surface area contributed by atoms with Gasteiger partial charge in [0.05, 0.1) is 0 Å². The summed E-state index contributed by atoms with van der Waals surface area (Å²) in [6.07, 6.45) is 0.868. The lowest BCUT2D eigenvalue weighted by Gasteiger charge is -2.15. The number of benzene rings is 1. The zero-order chi connectivity index (χ0) is 15.6. The Labute approximate surface area is 124 Å². The van der Waals surface area contributed by atoms with E-state index in [1.54, 1.807) is 12.1 Å². The molecule has 0 atom stereocenters. The van der Waals surface area contributed by atoms with Crippen LogP contribution in [0.4, 0.5) is 11.5 Å². The molecule has 4 N–H and O–H groups in total. The number of anilines is 2. The maximum absolute atomic E-state index is 12.3. The van der Waals surface area contributed by atoms with Gasteiger partial charge in [-0.1, -0.05) is 26.8 Å². The van der Waals surface area contributed by atoms with Crippen LogP contribution in [0.2, 0.25) is 0 Å². The molecule has 1 amide bonds. The van der Waals surface area contributed by atoms with E-state index in [1.807, 2.05) is 19.1 Å². The highest BCUT2D eigenvalue weighted by molar-refractivity contribution is 6.05. The first-order valence-corrected chi connectivity index (χ1v) is 6.96. The highest BCUT2D eigenvalue weighted by atomic mass is 16.1. The molecule has 0 bridgehead atoms. The van der Waals surface area contributed by atoms with Gasteiger partial charge in [-0.3, -0.25) is 9.89 Å². The third-order valence-corrected chi connectivity index (χ3v) is 3.10. The first-order valence-electron chi connectivity index (χ1n) is 6.96. The fourth-order valence-corrected chi connectivity index (χ4v) is 2.16. The van der Waals surface area contributed by atoms with Crippen LogP contribution >= 0.6 is 0 Å². The number of carbonyl (C=O) groups excluding carboxylic acids is 1. The lowest BCUT2D eigenvalue weighted by atomic mass is 9.91. The molecule has 1 aromatic carbocycles. The molecule has 5 heteroatoms. The second kappa shape index (κ2) is 5.60. The maximum atomic E-state index is 12.3. The Morgan fingerprint density at radius 2 is 2.05 bits per heavy atom. The van der Waals surface area contributed by atoms with Crippen molar-refractivity contribution in [3.63, 3.8) is 0 Å². The largest absolute Gasteiger partial charge is 0.399 e. The maximum Gasteiger partial charge on any atom is 0.257 e. The minimum absolute atomic E-state index is 0.165. The molecule has 21 heavy (non-hydrogen) atoms. The molecule has 0 saturated carbocycles. The summed E-state index contributed by atoms with van der Waals surface area (Å²) in [7, 11) is 0. The number of carbonyl (C=O) groups is 1. The minimum atomic E-state index is -0.200. The van der Waals surface area contributed by atoms with Gasteiger partial charge in [0, 0.05) is 23.0 Å². The monoisotopic (exact) mass is 286 g/mol. The number of H-pyrrole nitrogens is 1. The van der Waals surface area contributed by atoms with Crippen molar-refractivity contribution in [3.8, 4) is 0 Å². The molecule has 0 spiro atoms. The Hall–Kier alpha value is -2.30. The molecule has 0 aliphatic rings. The summed E-state index contributed by atoms with van der Waals surface area (Å²) < 4.78 is 0. The van der Waals surface area contributed by atoms with Crippen molar-refractivity contribution in [1.82, 2.24) is 10.2 Å². The highest BCUT2D eigenvalue weighted by Crippen LogP contribution is 2.21. The van der Waals surface area contributed by atoms with Gasteiger partial charge in [-0.25, -0.2) is 0 Å². The standard InChI is InChI=1S/C16H22N4O/c1-10-5-6-11(17)7-13(10)15(21)18-14-8-12(19-20-14)9-16(2,3)4/h5-8H,9,17H2,1-4H3,(H2,18,19,20,21). The quantitative estimate of drug-likeness (QED) is 0.758. The fourth-order valence-electron chi connectivity index (χ4n) is 2.16. The van der Waals surface area contributed by atoms with Crippen LogP contribution in [0.3, 0.4) is 0 Å². The molecule has 0 aliphatic carbocycles. The molecule has 1 heterocycles. The van der Waals surface area contributed by atoms with Crippen LogP contribution in [0.5, 0.6) is 0 Å². The number of amides is 1. The molecule has 0 saturated heterocycles. The molecule has 0 radical (unpaired) electrons. The van der Waals surface area contributed by atoms with Crippen molar-refractivity contribution in [2.24, 2.45) is 5.41 Å². The Morgan fingerprint density at radius 1 is 1.33 bits per heavy atom. The van der Waals surface area contributed by atoms with Crippen LogP contribution in [-0.2, 0) is 6.42 Å². The van der Waals surface area contributed by atoms with Crippen LogP contribution in [0.15, 0.2) is 24.3 Å². The average molecular weight is 286 g/mol. The molecule has 0 aliphatic heterocycles. The van der Waals surface area contributed by atoms with Gasteiger partial charge in [-0.05, 0) is 36.5 Å². The highest BCUT2D eigenvalue weighted by Gasteiger charge is 2.15. The van der Waals surface area contributed by atoms with Crippen LogP contribution < -0.4 is 11.1 Å². The smallest absolute Gasteiger partial charge is 0.257 e. The van der Waals surface area contributed by atoms with Gasteiger partial charge in [0.25, 0.3) is 5.91 Å². The number of rotatable bonds is 3. The van der Waals surface area contributed by atoms with E-state index in [0.29, 0.717) is 17.1 Å². The van der Waals surface area contributed by atoms with E-state index in [1.165, 1.54) is 0 Å². The number of aromatic nitrogens is 2. The number of hydrogen-bond donors (Lipinski definition) is 3. The summed E-state index contributed by atoms with van der Waals surface area (Å²) in [6.45, 7) is 8.34. The lowest BCUT2D eigenvalue weighted by Crippen LogP contribution is -2.14. The summed E-state index contributed by atoms with van der Waals surface area (Å²) in [5.41, 5.74) is 8.91. The molecule has 5 nitrogen and oxygen atoms in total. The molecule has 2 rings (SSSR count). The first-order chi connectivity index (χ1) is 9.74. The predicted octanol–water partition coefficient (Wildman–Crippen LogP) is 3.14. The van der Waals surface area contributed by atoms with Gasteiger partial charge < -0.3 is 11.1 Å². The lowest BCUT2D eigenvalue weighted by molar-refractivity contribution is 0.102. The molecular formula is C16H22N4O. The third-order valence-electron chi connectivity index (χ3n) is 3.10. The Morgan fingerprint density at radius 3 is 2.71 bits per heavy atom. The Balaban J connectivity index is 2.11. The summed E-state index contributed by atoms with van der Waals surface area (Å²) in [5, 5.41) is 9.88. The van der Waals surface area contributed by atoms with E-state index >= 15 is 0 Å². The molecule has 0 unspecified atom stereocenters. The van der Waals surface area contributed by atoms with Gasteiger partial charge in [0.2, 0.25) is 0 Å². The van der Waals surface area contributed by atoms with Gasteiger partial charge in [-0.15, -0.1) is 0 Å². The molecule has 2 aromatic rings. The third kappa shape index (κ3) is 4.08. The van der Waals surface area contributed by atoms with E-state index in [4.69, 9.17) is 5.73 Å². The van der Waals surface area contributed by atoms with Crippen LogP contribution in [0, 0.1) is 12.3 Å². The minimum Gasteiger partial charge on any atom is -0.399 e. The van der Waals surface area contributed by atoms with Gasteiger partial charge in [-0.2, -0.15) is 5.10 Å². The van der Waals surface area contributed by atoms with Crippen molar-refractivity contribution >= 4 is 17.4 Å². The summed E-state index contributed by atoms with van der Waals surface area (Å²) in [4.78, 5) is 12.3. The molecular weight excluding hydrogens is 264 g/mol. The number of nitrogen functional groups attached to an aromatic ring is 1. The van der Waals surface area contributed by atoms with Crippen LogP contribution in [0.25, 0.3) is 0 Å². The van der Waals surface area contributed by atoms with E-state index in [-0.39, 0.29) is 11.3 Å². The Bertz CT molecular complexity index is 653. The molecule has 0 fully saturated rings. The van der Waals surface area contributed by atoms with Gasteiger partial charge in [0.15, 0.2) is 5.82 Å². The summed E-state index contributed by atoms with van der Waals surface area (Å²) >= 11 is 0. The number of hydrogen-bond acceptors (Lipinski definition) is 3. The zero-order valence-corrected chi connectivity index (χ0v) is 12.9. The van der Waals surface area contributed by atoms with Crippen molar-refractivity contribution in [2.45, 2.75) is 34.1 Å². The topological polar surface area (TPSA) is 83.8 Å². The second-order valence-electron chi connectivity index (χ2n) is 6.54. The van der Waals surface area contributed by atoms with Crippen molar-refractivity contribution in [3.05, 3.63) is 41.1 Å². The van der Waals surface area contributed by atoms with Crippen molar-refractivity contribution in [1.29, 1.82) is 0 Å². The van der Waals surface area contributed by atoms with E-state index < -0.39 is 0 Å². The van der Waals surface area contributed by atoms with Crippen LogP contribution in [-0.4, -0.2) is 16.1 Å². The van der Waals surface area contributed by atoms with E-state index in [0.717, 1.165) is 17.7 Å². The number of nitrogens with zero attached hydrogens (tertiary/aromatic N) is 1. The SMILES string of the molecule is Cc1ccc(N)cc1C(=O)Nc1cc(CC(C)(C)C)[nH]n1. The number of nitrogens with two attached hydrogens (primary N) is 1. The summed E-state index contributed by atoms with van der Waals surface area (Å²) in [6, 6.07) is 7.15.